The van der Waals surface area contributed by atoms with Gasteiger partial charge in [0.15, 0.2) is 0 Å². The highest BCUT2D eigenvalue weighted by atomic mass is 35.5. The predicted molar refractivity (Wildman–Crippen MR) is 137 cm³/mol. The van der Waals surface area contributed by atoms with Gasteiger partial charge in [0.25, 0.3) is 0 Å². The number of hydrogen-bond acceptors (Lipinski definition) is 3. The first-order valence-electron chi connectivity index (χ1n) is 11.9. The van der Waals surface area contributed by atoms with Gasteiger partial charge in [0, 0.05) is 6.54 Å². The Kier molecular flexibility index (Phi) is 11.9. The molecule has 1 atom stereocenters. The first-order chi connectivity index (χ1) is 15.7. The van der Waals surface area contributed by atoms with Crippen LogP contribution in [0.1, 0.15) is 61.3 Å². The lowest BCUT2D eigenvalue weighted by Gasteiger charge is -2.17. The van der Waals surface area contributed by atoms with E-state index in [4.69, 9.17) is 26.1 Å². The molecule has 2 aromatic rings. The molecule has 5 nitrogen and oxygen atoms in total. The Bertz CT molecular complexity index is 915. The number of hydrogen-bond donors (Lipinski definition) is 3. The maximum absolute atomic E-state index is 10.9. The highest BCUT2D eigenvalue weighted by molar-refractivity contribution is 7.51. The van der Waals surface area contributed by atoms with Crippen LogP contribution in [0, 0.1) is 19.8 Å². The summed E-state index contributed by atoms with van der Waals surface area (Å²) < 4.78 is 16.8. The normalized spacial score (nSPS) is 12.7. The summed E-state index contributed by atoms with van der Waals surface area (Å²) in [5.41, 5.74) is 5.14. The van der Waals surface area contributed by atoms with E-state index in [9.17, 15) is 4.57 Å². The van der Waals surface area contributed by atoms with E-state index in [1.54, 1.807) is 0 Å². The van der Waals surface area contributed by atoms with E-state index in [-0.39, 0.29) is 6.16 Å². The van der Waals surface area contributed by atoms with Crippen molar-refractivity contribution in [3.8, 4) is 5.75 Å². The average molecular weight is 496 g/mol. The molecule has 7 heteroatoms. The Hall–Kier alpha value is -1.36. The lowest BCUT2D eigenvalue weighted by atomic mass is 9.90. The van der Waals surface area contributed by atoms with Crippen molar-refractivity contribution in [3.63, 3.8) is 0 Å². The van der Waals surface area contributed by atoms with E-state index in [2.05, 4.69) is 44.3 Å². The van der Waals surface area contributed by atoms with Crippen molar-refractivity contribution in [2.75, 3.05) is 19.3 Å². The molecule has 0 spiro atoms. The van der Waals surface area contributed by atoms with Crippen LogP contribution in [0.25, 0.3) is 0 Å². The maximum atomic E-state index is 10.9. The van der Waals surface area contributed by atoms with Crippen LogP contribution in [0.15, 0.2) is 36.4 Å². The van der Waals surface area contributed by atoms with Crippen molar-refractivity contribution in [1.29, 1.82) is 0 Å². The largest absolute Gasteiger partial charge is 0.492 e. The highest BCUT2D eigenvalue weighted by Crippen LogP contribution is 2.34. The van der Waals surface area contributed by atoms with E-state index in [0.717, 1.165) is 24.8 Å². The van der Waals surface area contributed by atoms with Gasteiger partial charge in [0.1, 0.15) is 5.75 Å². The van der Waals surface area contributed by atoms with Gasteiger partial charge in [0.2, 0.25) is 0 Å². The first-order valence-corrected chi connectivity index (χ1v) is 14.1. The first kappa shape index (κ1) is 27.9. The minimum absolute atomic E-state index is 0.0999. The van der Waals surface area contributed by atoms with E-state index in [1.807, 2.05) is 18.2 Å². The summed E-state index contributed by atoms with van der Waals surface area (Å²) in [6.45, 7) is 8.37. The van der Waals surface area contributed by atoms with E-state index >= 15 is 0 Å². The SMILES string of the molecule is CCCC(CCCOc1ccc(CNCCCP(=O)(O)O)cc1Cl)Cc1ccc(C)c(C)c1. The number of halogens is 1. The van der Waals surface area contributed by atoms with Gasteiger partial charge in [-0.25, -0.2) is 0 Å². The lowest BCUT2D eigenvalue weighted by molar-refractivity contribution is 0.287. The van der Waals surface area contributed by atoms with Crippen LogP contribution in [0.2, 0.25) is 5.02 Å². The molecule has 3 N–H and O–H groups in total. The third-order valence-electron chi connectivity index (χ3n) is 5.94. The number of nitrogens with one attached hydrogen (secondary N) is 1. The molecule has 0 radical (unpaired) electrons. The summed E-state index contributed by atoms with van der Waals surface area (Å²) in [6, 6.07) is 12.6. The summed E-state index contributed by atoms with van der Waals surface area (Å²) >= 11 is 6.40. The number of ether oxygens (including phenoxy) is 1. The fraction of sp³-hybridized carbons (Fsp3) is 0.538. The average Bonchev–Trinajstić information content (AvgIpc) is 2.74. The lowest BCUT2D eigenvalue weighted by Crippen LogP contribution is -2.15. The molecular weight excluding hydrogens is 457 g/mol. The van der Waals surface area contributed by atoms with Crippen LogP contribution < -0.4 is 10.1 Å². The molecule has 0 saturated carbocycles. The van der Waals surface area contributed by atoms with Gasteiger partial charge in [-0.2, -0.15) is 0 Å². The third kappa shape index (κ3) is 11.1. The second kappa shape index (κ2) is 14.1. The second-order valence-corrected chi connectivity index (χ2v) is 11.1. The van der Waals surface area contributed by atoms with E-state index < -0.39 is 7.60 Å². The topological polar surface area (TPSA) is 78.8 Å². The van der Waals surface area contributed by atoms with Crippen LogP contribution in [0.4, 0.5) is 0 Å². The highest BCUT2D eigenvalue weighted by Gasteiger charge is 2.12. The predicted octanol–water partition coefficient (Wildman–Crippen LogP) is 6.43. The summed E-state index contributed by atoms with van der Waals surface area (Å²) in [5.74, 6) is 1.36. The molecule has 2 rings (SSSR count). The Morgan fingerprint density at radius 1 is 1.03 bits per heavy atom. The zero-order chi connectivity index (χ0) is 24.3. The molecule has 1 unspecified atom stereocenters. The molecule has 0 aromatic heterocycles. The summed E-state index contributed by atoms with van der Waals surface area (Å²) in [6.07, 6.45) is 5.99. The fourth-order valence-electron chi connectivity index (χ4n) is 3.99. The molecule has 0 aliphatic carbocycles. The maximum Gasteiger partial charge on any atom is 0.325 e. The Balaban J connectivity index is 1.74. The fourth-order valence-corrected chi connectivity index (χ4v) is 4.82. The molecule has 0 fully saturated rings. The van der Waals surface area contributed by atoms with Gasteiger partial charge in [0.05, 0.1) is 17.8 Å². The molecule has 0 aliphatic rings. The van der Waals surface area contributed by atoms with E-state index in [1.165, 1.54) is 29.5 Å². The molecule has 2 aromatic carbocycles. The molecule has 0 amide bonds. The zero-order valence-electron chi connectivity index (χ0n) is 20.1. The van der Waals surface area contributed by atoms with Crippen LogP contribution in [-0.2, 0) is 17.5 Å². The quantitative estimate of drug-likeness (QED) is 0.196. The second-order valence-electron chi connectivity index (χ2n) is 8.95. The number of rotatable bonds is 15. The van der Waals surface area contributed by atoms with Gasteiger partial charge in [-0.1, -0.05) is 55.6 Å². The number of benzene rings is 2. The van der Waals surface area contributed by atoms with Crippen LogP contribution in [0.5, 0.6) is 5.75 Å². The zero-order valence-corrected chi connectivity index (χ0v) is 21.8. The standard InChI is InChI=1S/C26H39ClNO4P/c1-4-7-22(17-23-10-9-20(2)21(3)16-23)8-5-14-32-26-12-11-24(18-25(26)27)19-28-13-6-15-33(29,30)31/h9-12,16,18,22,28H,4-8,13-15,17,19H2,1-3H3,(H2,29,30,31). The Labute approximate surface area is 204 Å². The molecule has 0 aliphatic heterocycles. The number of aryl methyl sites for hydroxylation is 2. The van der Waals surface area contributed by atoms with Crippen molar-refractivity contribution < 1.29 is 19.1 Å². The molecule has 0 bridgehead atoms. The van der Waals surface area contributed by atoms with Crippen molar-refractivity contribution in [3.05, 3.63) is 63.7 Å². The molecule has 184 valence electrons. The Morgan fingerprint density at radius 3 is 2.45 bits per heavy atom. The van der Waals surface area contributed by atoms with Gasteiger partial charge >= 0.3 is 7.60 Å². The van der Waals surface area contributed by atoms with Gasteiger partial charge < -0.3 is 19.8 Å². The monoisotopic (exact) mass is 495 g/mol. The third-order valence-corrected chi connectivity index (χ3v) is 7.13. The molecular formula is C26H39ClNO4P. The summed E-state index contributed by atoms with van der Waals surface area (Å²) in [5, 5.41) is 3.77. The van der Waals surface area contributed by atoms with Gasteiger partial charge in [-0.05, 0) is 86.4 Å². The van der Waals surface area contributed by atoms with Crippen LogP contribution >= 0.6 is 19.2 Å². The van der Waals surface area contributed by atoms with Crippen molar-refractivity contribution >= 4 is 19.2 Å². The smallest absolute Gasteiger partial charge is 0.325 e. The van der Waals surface area contributed by atoms with Crippen LogP contribution in [0.3, 0.4) is 0 Å². The minimum Gasteiger partial charge on any atom is -0.492 e. The van der Waals surface area contributed by atoms with Crippen molar-refractivity contribution in [2.45, 2.75) is 65.8 Å². The summed E-state index contributed by atoms with van der Waals surface area (Å²) in [4.78, 5) is 17.8. The Morgan fingerprint density at radius 2 is 1.79 bits per heavy atom. The van der Waals surface area contributed by atoms with Gasteiger partial charge in [-0.15, -0.1) is 0 Å². The van der Waals surface area contributed by atoms with Crippen molar-refractivity contribution in [1.82, 2.24) is 5.32 Å². The summed E-state index contributed by atoms with van der Waals surface area (Å²) in [7, 11) is -3.92. The van der Waals surface area contributed by atoms with Gasteiger partial charge in [-0.3, -0.25) is 4.57 Å². The van der Waals surface area contributed by atoms with Crippen molar-refractivity contribution in [2.24, 2.45) is 5.92 Å². The molecule has 33 heavy (non-hydrogen) atoms. The minimum atomic E-state index is -3.92. The molecule has 0 heterocycles. The van der Waals surface area contributed by atoms with E-state index in [0.29, 0.717) is 42.8 Å². The molecule has 0 saturated heterocycles. The van der Waals surface area contributed by atoms with Crippen LogP contribution in [-0.4, -0.2) is 29.1 Å².